The fourth-order valence-corrected chi connectivity index (χ4v) is 2.52. The number of amides is 2. The Hall–Kier alpha value is -1.10. The zero-order valence-electron chi connectivity index (χ0n) is 12.4. The standard InChI is InChI=1S/C14H27N3O2/c1-4-15-11(3)10-13(18)17-8-6-12(7-9-17)14(19)16-5-2/h11-12,15H,4-10H2,1-3H3,(H,16,19). The number of nitrogens with zero attached hydrogens (tertiary/aromatic N) is 1. The van der Waals surface area contributed by atoms with E-state index in [1.807, 2.05) is 25.7 Å². The number of hydrogen-bond acceptors (Lipinski definition) is 3. The highest BCUT2D eigenvalue weighted by Gasteiger charge is 2.27. The molecule has 1 aliphatic heterocycles. The Balaban J connectivity index is 2.32. The van der Waals surface area contributed by atoms with E-state index in [-0.39, 0.29) is 23.8 Å². The molecule has 1 rings (SSSR count). The van der Waals surface area contributed by atoms with Gasteiger partial charge in [-0.2, -0.15) is 0 Å². The lowest BCUT2D eigenvalue weighted by Gasteiger charge is -2.32. The second kappa shape index (κ2) is 8.15. The molecule has 19 heavy (non-hydrogen) atoms. The highest BCUT2D eigenvalue weighted by Crippen LogP contribution is 2.18. The molecule has 1 saturated heterocycles. The zero-order chi connectivity index (χ0) is 14.3. The molecule has 1 unspecified atom stereocenters. The number of nitrogens with one attached hydrogen (secondary N) is 2. The predicted octanol–water partition coefficient (Wildman–Crippen LogP) is 0.749. The average Bonchev–Trinajstić information content (AvgIpc) is 2.39. The highest BCUT2D eigenvalue weighted by molar-refractivity contribution is 5.80. The van der Waals surface area contributed by atoms with E-state index in [9.17, 15) is 9.59 Å². The molecule has 0 aromatic rings. The minimum atomic E-state index is 0.0789. The summed E-state index contributed by atoms with van der Waals surface area (Å²) in [4.78, 5) is 25.7. The van der Waals surface area contributed by atoms with E-state index in [1.165, 1.54) is 0 Å². The monoisotopic (exact) mass is 269 g/mol. The molecule has 0 aliphatic carbocycles. The summed E-state index contributed by atoms with van der Waals surface area (Å²) in [6, 6.07) is 0.221. The van der Waals surface area contributed by atoms with Crippen molar-refractivity contribution in [2.24, 2.45) is 5.92 Å². The van der Waals surface area contributed by atoms with E-state index in [0.29, 0.717) is 26.1 Å². The SMILES string of the molecule is CCNC(=O)C1CCN(C(=O)CC(C)NCC)CC1. The van der Waals surface area contributed by atoms with Gasteiger partial charge in [0.15, 0.2) is 0 Å². The number of piperidine rings is 1. The Kier molecular flexibility index (Phi) is 6.84. The highest BCUT2D eigenvalue weighted by atomic mass is 16.2. The van der Waals surface area contributed by atoms with Crippen LogP contribution in [0.2, 0.25) is 0 Å². The Bertz CT molecular complexity index is 299. The fourth-order valence-electron chi connectivity index (χ4n) is 2.52. The summed E-state index contributed by atoms with van der Waals surface area (Å²) in [5.74, 6) is 0.411. The van der Waals surface area contributed by atoms with Gasteiger partial charge in [-0.05, 0) is 33.2 Å². The molecule has 1 aliphatic rings. The van der Waals surface area contributed by atoms with Crippen LogP contribution in [0.1, 0.15) is 40.0 Å². The van der Waals surface area contributed by atoms with E-state index in [4.69, 9.17) is 0 Å². The molecule has 5 heteroatoms. The Morgan fingerprint density at radius 2 is 1.84 bits per heavy atom. The molecule has 1 heterocycles. The Labute approximate surface area is 116 Å². The van der Waals surface area contributed by atoms with E-state index < -0.39 is 0 Å². The number of carbonyl (C=O) groups is 2. The van der Waals surface area contributed by atoms with Gasteiger partial charge in [-0.3, -0.25) is 9.59 Å². The lowest BCUT2D eigenvalue weighted by molar-refractivity contribution is -0.136. The zero-order valence-corrected chi connectivity index (χ0v) is 12.4. The van der Waals surface area contributed by atoms with Gasteiger partial charge >= 0.3 is 0 Å². The molecule has 1 fully saturated rings. The third-order valence-corrected chi connectivity index (χ3v) is 3.60. The van der Waals surface area contributed by atoms with Crippen LogP contribution < -0.4 is 10.6 Å². The molecule has 0 saturated carbocycles. The average molecular weight is 269 g/mol. The minimum Gasteiger partial charge on any atom is -0.356 e. The molecule has 1 atom stereocenters. The predicted molar refractivity (Wildman–Crippen MR) is 75.7 cm³/mol. The van der Waals surface area contributed by atoms with Crippen molar-refractivity contribution in [1.82, 2.24) is 15.5 Å². The lowest BCUT2D eigenvalue weighted by Crippen LogP contribution is -2.44. The first kappa shape index (κ1) is 16.0. The van der Waals surface area contributed by atoms with Crippen LogP contribution in [-0.2, 0) is 9.59 Å². The molecule has 110 valence electrons. The minimum absolute atomic E-state index is 0.0789. The summed E-state index contributed by atoms with van der Waals surface area (Å²) in [5, 5.41) is 6.10. The summed E-state index contributed by atoms with van der Waals surface area (Å²) in [6.45, 7) is 8.98. The van der Waals surface area contributed by atoms with Crippen molar-refractivity contribution in [3.63, 3.8) is 0 Å². The molecule has 2 amide bonds. The summed E-state index contributed by atoms with van der Waals surface area (Å²) >= 11 is 0. The van der Waals surface area contributed by atoms with Gasteiger partial charge in [0.1, 0.15) is 0 Å². The smallest absolute Gasteiger partial charge is 0.224 e. The summed E-state index contributed by atoms with van der Waals surface area (Å²) < 4.78 is 0. The molecule has 2 N–H and O–H groups in total. The van der Waals surface area contributed by atoms with Crippen LogP contribution in [-0.4, -0.2) is 48.9 Å². The molecule has 0 radical (unpaired) electrons. The Morgan fingerprint density at radius 3 is 2.37 bits per heavy atom. The van der Waals surface area contributed by atoms with Crippen molar-refractivity contribution in [2.75, 3.05) is 26.2 Å². The van der Waals surface area contributed by atoms with E-state index in [2.05, 4.69) is 10.6 Å². The van der Waals surface area contributed by atoms with Gasteiger partial charge in [0.25, 0.3) is 0 Å². The number of likely N-dealkylation sites (tertiary alicyclic amines) is 1. The van der Waals surface area contributed by atoms with Crippen molar-refractivity contribution in [3.05, 3.63) is 0 Å². The first-order valence-corrected chi connectivity index (χ1v) is 7.37. The first-order valence-electron chi connectivity index (χ1n) is 7.37. The number of hydrogen-bond donors (Lipinski definition) is 2. The van der Waals surface area contributed by atoms with E-state index in [1.54, 1.807) is 0 Å². The molecule has 0 aromatic carbocycles. The van der Waals surface area contributed by atoms with Crippen LogP contribution in [0.15, 0.2) is 0 Å². The second-order valence-electron chi connectivity index (χ2n) is 5.21. The molecule has 0 aromatic heterocycles. The number of carbonyl (C=O) groups excluding carboxylic acids is 2. The quantitative estimate of drug-likeness (QED) is 0.748. The van der Waals surface area contributed by atoms with Gasteiger partial charge in [-0.1, -0.05) is 6.92 Å². The van der Waals surface area contributed by atoms with Crippen LogP contribution in [0.25, 0.3) is 0 Å². The van der Waals surface area contributed by atoms with Crippen LogP contribution in [0.3, 0.4) is 0 Å². The van der Waals surface area contributed by atoms with Gasteiger partial charge < -0.3 is 15.5 Å². The molecular formula is C14H27N3O2. The number of rotatable bonds is 6. The van der Waals surface area contributed by atoms with Crippen LogP contribution in [0, 0.1) is 5.92 Å². The van der Waals surface area contributed by atoms with Gasteiger partial charge in [0, 0.05) is 38.0 Å². The van der Waals surface area contributed by atoms with Crippen LogP contribution in [0.4, 0.5) is 0 Å². The van der Waals surface area contributed by atoms with Crippen molar-refractivity contribution in [3.8, 4) is 0 Å². The van der Waals surface area contributed by atoms with Gasteiger partial charge in [-0.15, -0.1) is 0 Å². The summed E-state index contributed by atoms with van der Waals surface area (Å²) in [5.41, 5.74) is 0. The van der Waals surface area contributed by atoms with Gasteiger partial charge in [0.05, 0.1) is 0 Å². The van der Waals surface area contributed by atoms with Crippen LogP contribution in [0.5, 0.6) is 0 Å². The maximum atomic E-state index is 12.1. The fraction of sp³-hybridized carbons (Fsp3) is 0.857. The second-order valence-corrected chi connectivity index (χ2v) is 5.21. The summed E-state index contributed by atoms with van der Waals surface area (Å²) in [7, 11) is 0. The Morgan fingerprint density at radius 1 is 1.21 bits per heavy atom. The maximum Gasteiger partial charge on any atom is 0.224 e. The van der Waals surface area contributed by atoms with Gasteiger partial charge in [0.2, 0.25) is 11.8 Å². The molecule has 5 nitrogen and oxygen atoms in total. The van der Waals surface area contributed by atoms with Crippen molar-refractivity contribution in [2.45, 2.75) is 46.1 Å². The van der Waals surface area contributed by atoms with E-state index >= 15 is 0 Å². The largest absolute Gasteiger partial charge is 0.356 e. The third-order valence-electron chi connectivity index (χ3n) is 3.60. The van der Waals surface area contributed by atoms with Crippen molar-refractivity contribution in [1.29, 1.82) is 0 Å². The summed E-state index contributed by atoms with van der Waals surface area (Å²) in [6.07, 6.45) is 2.11. The van der Waals surface area contributed by atoms with Crippen LogP contribution >= 0.6 is 0 Å². The molecular weight excluding hydrogens is 242 g/mol. The normalized spacial score (nSPS) is 18.2. The lowest BCUT2D eigenvalue weighted by atomic mass is 9.95. The molecule has 0 bridgehead atoms. The third kappa shape index (κ3) is 5.19. The van der Waals surface area contributed by atoms with Crippen molar-refractivity contribution >= 4 is 11.8 Å². The maximum absolute atomic E-state index is 12.1. The molecule has 0 spiro atoms. The first-order chi connectivity index (χ1) is 9.08. The van der Waals surface area contributed by atoms with Gasteiger partial charge in [-0.25, -0.2) is 0 Å². The van der Waals surface area contributed by atoms with E-state index in [0.717, 1.165) is 19.4 Å². The van der Waals surface area contributed by atoms with Crippen molar-refractivity contribution < 1.29 is 9.59 Å². The topological polar surface area (TPSA) is 61.4 Å².